The lowest BCUT2D eigenvalue weighted by molar-refractivity contribution is 0.0716. The minimum atomic E-state index is -0.121. The molecule has 1 aromatic carbocycles. The Bertz CT molecular complexity index is 1280. The van der Waals surface area contributed by atoms with Crippen molar-refractivity contribution in [3.05, 3.63) is 66.1 Å². The lowest BCUT2D eigenvalue weighted by atomic mass is 10.2. The largest absolute Gasteiger partial charge is 0.493 e. The van der Waals surface area contributed by atoms with Crippen molar-refractivity contribution in [2.75, 3.05) is 43.5 Å². The van der Waals surface area contributed by atoms with Crippen LogP contribution in [0, 0.1) is 6.92 Å². The standard InChI is InChI=1S/C24H24N6O3/c1-16-8-9-25-21(14-16)26-20-6-7-22(28-27-20)29-10-12-30(13-11-29)24(31)19-15-17-4-3-5-18(32-2)23(17)33-19/h3-9,14-15H,10-13H2,1-2H3,(H,25,26,27). The van der Waals surface area contributed by atoms with Gasteiger partial charge in [0.1, 0.15) is 5.82 Å². The number of ether oxygens (including phenoxy) is 1. The Kier molecular flexibility index (Phi) is 5.52. The third-order valence-electron chi connectivity index (χ3n) is 5.65. The molecule has 5 rings (SSSR count). The SMILES string of the molecule is COc1cccc2cc(C(=O)N3CCN(c4ccc(Nc5cc(C)ccn5)nn4)CC3)oc12. The van der Waals surface area contributed by atoms with Crippen LogP contribution in [0.25, 0.3) is 11.0 Å². The monoisotopic (exact) mass is 444 g/mol. The molecule has 1 N–H and O–H groups in total. The van der Waals surface area contributed by atoms with Crippen molar-refractivity contribution in [1.29, 1.82) is 0 Å². The maximum Gasteiger partial charge on any atom is 0.289 e. The molecule has 33 heavy (non-hydrogen) atoms. The number of anilines is 3. The number of rotatable bonds is 5. The number of para-hydroxylation sites is 1. The van der Waals surface area contributed by atoms with E-state index in [1.807, 2.05) is 49.4 Å². The van der Waals surface area contributed by atoms with E-state index < -0.39 is 0 Å². The average Bonchev–Trinajstić information content (AvgIpc) is 3.29. The topological polar surface area (TPSA) is 96.6 Å². The second-order valence-electron chi connectivity index (χ2n) is 7.89. The molecule has 168 valence electrons. The Labute approximate surface area is 191 Å². The van der Waals surface area contributed by atoms with E-state index in [1.54, 1.807) is 24.3 Å². The fourth-order valence-corrected chi connectivity index (χ4v) is 3.89. The van der Waals surface area contributed by atoms with E-state index in [2.05, 4.69) is 25.4 Å². The molecular weight excluding hydrogens is 420 g/mol. The smallest absolute Gasteiger partial charge is 0.289 e. The number of piperazine rings is 1. The summed E-state index contributed by atoms with van der Waals surface area (Å²) >= 11 is 0. The second-order valence-corrected chi connectivity index (χ2v) is 7.89. The van der Waals surface area contributed by atoms with Crippen LogP contribution in [0.4, 0.5) is 17.5 Å². The lowest BCUT2D eigenvalue weighted by Crippen LogP contribution is -2.49. The van der Waals surface area contributed by atoms with Gasteiger partial charge in [-0.3, -0.25) is 4.79 Å². The van der Waals surface area contributed by atoms with E-state index in [0.29, 0.717) is 49.1 Å². The van der Waals surface area contributed by atoms with Crippen molar-refractivity contribution in [1.82, 2.24) is 20.1 Å². The third-order valence-corrected chi connectivity index (χ3v) is 5.65. The van der Waals surface area contributed by atoms with Crippen LogP contribution < -0.4 is 15.0 Å². The Morgan fingerprint density at radius 1 is 1.03 bits per heavy atom. The Morgan fingerprint density at radius 3 is 2.61 bits per heavy atom. The first-order valence-electron chi connectivity index (χ1n) is 10.7. The van der Waals surface area contributed by atoms with Gasteiger partial charge in [-0.2, -0.15) is 0 Å². The molecule has 4 aromatic rings. The summed E-state index contributed by atoms with van der Waals surface area (Å²) in [4.78, 5) is 21.2. The molecule has 3 aromatic heterocycles. The number of nitrogens with zero attached hydrogens (tertiary/aromatic N) is 5. The normalized spacial score (nSPS) is 13.9. The van der Waals surface area contributed by atoms with Crippen molar-refractivity contribution in [2.45, 2.75) is 6.92 Å². The number of pyridine rings is 1. The summed E-state index contributed by atoms with van der Waals surface area (Å²) < 4.78 is 11.2. The molecule has 1 amide bonds. The Hall–Kier alpha value is -4.14. The molecule has 9 nitrogen and oxygen atoms in total. The van der Waals surface area contributed by atoms with Gasteiger partial charge in [0, 0.05) is 37.8 Å². The second kappa shape index (κ2) is 8.78. The number of aryl methyl sites for hydroxylation is 1. The minimum absolute atomic E-state index is 0.121. The van der Waals surface area contributed by atoms with Crippen molar-refractivity contribution in [2.24, 2.45) is 0 Å². The first-order valence-corrected chi connectivity index (χ1v) is 10.7. The summed E-state index contributed by atoms with van der Waals surface area (Å²) in [7, 11) is 1.59. The predicted octanol–water partition coefficient (Wildman–Crippen LogP) is 3.64. The molecule has 1 fully saturated rings. The van der Waals surface area contributed by atoms with Crippen molar-refractivity contribution >= 4 is 34.3 Å². The number of hydrogen-bond donors (Lipinski definition) is 1. The molecule has 0 unspecified atom stereocenters. The molecule has 0 radical (unpaired) electrons. The van der Waals surface area contributed by atoms with Gasteiger partial charge in [-0.15, -0.1) is 10.2 Å². The zero-order valence-electron chi connectivity index (χ0n) is 18.5. The lowest BCUT2D eigenvalue weighted by Gasteiger charge is -2.34. The van der Waals surface area contributed by atoms with Crippen LogP contribution in [0.5, 0.6) is 5.75 Å². The van der Waals surface area contributed by atoms with E-state index in [-0.39, 0.29) is 5.91 Å². The molecule has 1 aliphatic heterocycles. The molecule has 0 bridgehead atoms. The maximum absolute atomic E-state index is 13.0. The number of furan rings is 1. The highest BCUT2D eigenvalue weighted by molar-refractivity contribution is 5.97. The third kappa shape index (κ3) is 4.30. The first-order chi connectivity index (χ1) is 16.1. The molecule has 1 saturated heterocycles. The van der Waals surface area contributed by atoms with Gasteiger partial charge in [0.05, 0.1) is 7.11 Å². The van der Waals surface area contributed by atoms with Gasteiger partial charge in [0.15, 0.2) is 28.7 Å². The first kappa shape index (κ1) is 20.7. The molecule has 4 heterocycles. The van der Waals surface area contributed by atoms with Crippen molar-refractivity contribution in [3.63, 3.8) is 0 Å². The molecule has 0 aliphatic carbocycles. The van der Waals surface area contributed by atoms with Gasteiger partial charge in [-0.05, 0) is 48.9 Å². The molecule has 1 aliphatic rings. The number of fused-ring (bicyclic) bond motifs is 1. The molecular formula is C24H24N6O3. The van der Waals surface area contributed by atoms with Crippen LogP contribution in [0.1, 0.15) is 16.1 Å². The molecule has 0 spiro atoms. The number of carbonyl (C=O) groups excluding carboxylic acids is 1. The fraction of sp³-hybridized carbons (Fsp3) is 0.250. The van der Waals surface area contributed by atoms with E-state index in [1.165, 1.54) is 0 Å². The van der Waals surface area contributed by atoms with Gasteiger partial charge in [0.25, 0.3) is 5.91 Å². The van der Waals surface area contributed by atoms with E-state index in [0.717, 1.165) is 22.6 Å². The van der Waals surface area contributed by atoms with Gasteiger partial charge in [0.2, 0.25) is 0 Å². The quantitative estimate of drug-likeness (QED) is 0.498. The van der Waals surface area contributed by atoms with Crippen LogP contribution in [0.3, 0.4) is 0 Å². The number of amides is 1. The highest BCUT2D eigenvalue weighted by Gasteiger charge is 2.26. The van der Waals surface area contributed by atoms with Crippen molar-refractivity contribution in [3.8, 4) is 5.75 Å². The molecule has 0 atom stereocenters. The van der Waals surface area contributed by atoms with Gasteiger partial charge in [-0.25, -0.2) is 4.98 Å². The zero-order valence-corrected chi connectivity index (χ0v) is 18.5. The fourth-order valence-electron chi connectivity index (χ4n) is 3.89. The van der Waals surface area contributed by atoms with Crippen LogP contribution in [-0.2, 0) is 0 Å². The van der Waals surface area contributed by atoms with Crippen LogP contribution in [-0.4, -0.2) is 59.3 Å². The minimum Gasteiger partial charge on any atom is -0.493 e. The number of nitrogens with one attached hydrogen (secondary N) is 1. The Balaban J connectivity index is 1.21. The van der Waals surface area contributed by atoms with E-state index in [9.17, 15) is 4.79 Å². The van der Waals surface area contributed by atoms with E-state index >= 15 is 0 Å². The number of hydrogen-bond acceptors (Lipinski definition) is 8. The highest BCUT2D eigenvalue weighted by Crippen LogP contribution is 2.29. The number of carbonyl (C=O) groups is 1. The summed E-state index contributed by atoms with van der Waals surface area (Å²) in [6, 6.07) is 15.1. The maximum atomic E-state index is 13.0. The Morgan fingerprint density at radius 2 is 1.88 bits per heavy atom. The number of benzene rings is 1. The molecule has 0 saturated carbocycles. The van der Waals surface area contributed by atoms with E-state index in [4.69, 9.17) is 9.15 Å². The number of aromatic nitrogens is 3. The van der Waals surface area contributed by atoms with Gasteiger partial charge < -0.3 is 24.3 Å². The highest BCUT2D eigenvalue weighted by atomic mass is 16.5. The van der Waals surface area contributed by atoms with Crippen LogP contribution >= 0.6 is 0 Å². The summed E-state index contributed by atoms with van der Waals surface area (Å²) in [5.74, 6) is 2.95. The van der Waals surface area contributed by atoms with Gasteiger partial charge in [-0.1, -0.05) is 12.1 Å². The van der Waals surface area contributed by atoms with Gasteiger partial charge >= 0.3 is 0 Å². The predicted molar refractivity (Wildman–Crippen MR) is 125 cm³/mol. The van der Waals surface area contributed by atoms with Crippen LogP contribution in [0.15, 0.2) is 59.1 Å². The summed E-state index contributed by atoms with van der Waals surface area (Å²) in [6.45, 7) is 4.48. The summed E-state index contributed by atoms with van der Waals surface area (Å²) in [5, 5.41) is 12.6. The molecule has 9 heteroatoms. The summed E-state index contributed by atoms with van der Waals surface area (Å²) in [5.41, 5.74) is 1.71. The zero-order chi connectivity index (χ0) is 22.8. The average molecular weight is 444 g/mol. The van der Waals surface area contributed by atoms with Crippen LogP contribution in [0.2, 0.25) is 0 Å². The van der Waals surface area contributed by atoms with Crippen molar-refractivity contribution < 1.29 is 13.9 Å². The summed E-state index contributed by atoms with van der Waals surface area (Å²) in [6.07, 6.45) is 1.75. The number of methoxy groups -OCH3 is 1.